The molecule has 25 heavy (non-hydrogen) atoms. The number of imidazole rings is 1. The number of carbonyl (C=O) groups is 1. The Morgan fingerprint density at radius 3 is 2.76 bits per heavy atom. The fraction of sp³-hybridized carbons (Fsp3) is 0.118. The van der Waals surface area contributed by atoms with Crippen LogP contribution in [-0.4, -0.2) is 28.1 Å². The van der Waals surface area contributed by atoms with Crippen molar-refractivity contribution in [3.05, 3.63) is 54.1 Å². The van der Waals surface area contributed by atoms with Crippen LogP contribution in [-0.2, 0) is 4.79 Å². The Labute approximate surface area is 142 Å². The van der Waals surface area contributed by atoms with E-state index in [2.05, 4.69) is 15.3 Å². The van der Waals surface area contributed by atoms with Crippen molar-refractivity contribution in [1.29, 1.82) is 0 Å². The van der Waals surface area contributed by atoms with E-state index in [1.165, 1.54) is 0 Å². The number of aliphatic imine (C=N–C) groups is 1. The van der Waals surface area contributed by atoms with Crippen molar-refractivity contribution in [2.75, 3.05) is 11.9 Å². The number of anilines is 1. The molecule has 8 nitrogen and oxygen atoms in total. The van der Waals surface area contributed by atoms with Crippen molar-refractivity contribution in [1.82, 2.24) is 9.55 Å². The Balaban J connectivity index is 1.72. The average molecular weight is 336 g/mol. The van der Waals surface area contributed by atoms with Crippen molar-refractivity contribution < 1.29 is 14.6 Å². The molecule has 0 radical (unpaired) electrons. The molecular formula is C17H14N5O3-. The molecule has 1 aliphatic rings. The van der Waals surface area contributed by atoms with Crippen molar-refractivity contribution in [3.8, 4) is 5.75 Å². The Morgan fingerprint density at radius 2 is 2.00 bits per heavy atom. The Bertz CT molecular complexity index is 978. The number of carboxylic acids is 1. The molecule has 0 unspecified atom stereocenters. The summed E-state index contributed by atoms with van der Waals surface area (Å²) in [5, 5.41) is 13.4. The number of aromatic nitrogens is 2. The minimum Gasteiger partial charge on any atom is -0.546 e. The molecule has 1 atom stereocenters. The lowest BCUT2D eigenvalue weighted by molar-refractivity contribution is -0.307. The normalized spacial score (nSPS) is 16.0. The summed E-state index contributed by atoms with van der Waals surface area (Å²) in [6, 6.07) is 14.7. The molecule has 4 rings (SSSR count). The minimum absolute atomic E-state index is 0.282. The quantitative estimate of drug-likeness (QED) is 0.714. The maximum atomic E-state index is 10.5. The second-order valence-corrected chi connectivity index (χ2v) is 5.54. The van der Waals surface area contributed by atoms with E-state index < -0.39 is 12.6 Å². The summed E-state index contributed by atoms with van der Waals surface area (Å²) >= 11 is 0. The monoisotopic (exact) mass is 336 g/mol. The van der Waals surface area contributed by atoms with E-state index in [1.54, 1.807) is 12.1 Å². The highest BCUT2D eigenvalue weighted by molar-refractivity contribution is 5.94. The summed E-state index contributed by atoms with van der Waals surface area (Å²) in [5.74, 6) is 0.0740. The van der Waals surface area contributed by atoms with Gasteiger partial charge in [-0.3, -0.25) is 9.88 Å². The van der Waals surface area contributed by atoms with E-state index in [-0.39, 0.29) is 12.1 Å². The smallest absolute Gasteiger partial charge is 0.212 e. The van der Waals surface area contributed by atoms with Crippen molar-refractivity contribution >= 4 is 28.9 Å². The SMILES string of the molecule is NC1=N[C@@H](c2ccc(OCC(=O)[O-])cc2)n2c(nc3ccccc32)N1. The molecule has 2 heterocycles. The molecule has 0 spiro atoms. The van der Waals surface area contributed by atoms with Gasteiger partial charge in [0.1, 0.15) is 12.4 Å². The lowest BCUT2D eigenvalue weighted by atomic mass is 10.1. The molecule has 0 saturated heterocycles. The average Bonchev–Trinajstić information content (AvgIpc) is 2.97. The lowest BCUT2D eigenvalue weighted by Crippen LogP contribution is -2.31. The van der Waals surface area contributed by atoms with Crippen LogP contribution < -0.4 is 20.9 Å². The van der Waals surface area contributed by atoms with Gasteiger partial charge in [-0.2, -0.15) is 0 Å². The van der Waals surface area contributed by atoms with Gasteiger partial charge in [0, 0.05) is 0 Å². The summed E-state index contributed by atoms with van der Waals surface area (Å²) in [6.45, 7) is -0.492. The molecule has 2 aromatic carbocycles. The van der Waals surface area contributed by atoms with Gasteiger partial charge in [-0.1, -0.05) is 24.3 Å². The first-order valence-corrected chi connectivity index (χ1v) is 7.62. The number of para-hydroxylation sites is 2. The van der Waals surface area contributed by atoms with Gasteiger partial charge in [-0.15, -0.1) is 0 Å². The molecule has 0 saturated carbocycles. The third-order valence-electron chi connectivity index (χ3n) is 3.88. The van der Waals surface area contributed by atoms with Crippen LogP contribution in [0.2, 0.25) is 0 Å². The molecular weight excluding hydrogens is 322 g/mol. The summed E-state index contributed by atoms with van der Waals surface area (Å²) in [4.78, 5) is 19.5. The largest absolute Gasteiger partial charge is 0.546 e. The zero-order valence-corrected chi connectivity index (χ0v) is 13.0. The number of carboxylic acid groups (broad SMARTS) is 1. The molecule has 0 aliphatic carbocycles. The van der Waals surface area contributed by atoms with Crippen molar-refractivity contribution in [2.45, 2.75) is 6.17 Å². The van der Waals surface area contributed by atoms with Gasteiger partial charge in [0.2, 0.25) is 5.95 Å². The van der Waals surface area contributed by atoms with Crippen LogP contribution in [0.25, 0.3) is 11.0 Å². The Kier molecular flexibility index (Phi) is 3.50. The highest BCUT2D eigenvalue weighted by Gasteiger charge is 2.24. The number of rotatable bonds is 4. The van der Waals surface area contributed by atoms with Gasteiger partial charge in [0.25, 0.3) is 0 Å². The Hall–Kier alpha value is -3.55. The zero-order valence-electron chi connectivity index (χ0n) is 13.0. The summed E-state index contributed by atoms with van der Waals surface area (Å²) in [5.41, 5.74) is 8.54. The highest BCUT2D eigenvalue weighted by atomic mass is 16.5. The van der Waals surface area contributed by atoms with E-state index in [0.717, 1.165) is 16.6 Å². The maximum Gasteiger partial charge on any atom is 0.212 e. The molecule has 0 fully saturated rings. The fourth-order valence-corrected chi connectivity index (χ4v) is 2.82. The molecule has 3 aromatic rings. The van der Waals surface area contributed by atoms with E-state index in [9.17, 15) is 9.90 Å². The lowest BCUT2D eigenvalue weighted by Gasteiger charge is -2.24. The van der Waals surface area contributed by atoms with Crippen LogP contribution in [0.15, 0.2) is 53.5 Å². The first-order chi connectivity index (χ1) is 12.1. The number of benzene rings is 2. The van der Waals surface area contributed by atoms with Gasteiger partial charge < -0.3 is 20.4 Å². The number of hydrogen-bond donors (Lipinski definition) is 2. The molecule has 8 heteroatoms. The molecule has 126 valence electrons. The summed E-state index contributed by atoms with van der Waals surface area (Å²) in [6.07, 6.45) is -0.376. The highest BCUT2D eigenvalue weighted by Crippen LogP contribution is 2.32. The predicted octanol–water partition coefficient (Wildman–Crippen LogP) is 0.452. The van der Waals surface area contributed by atoms with Crippen LogP contribution in [0, 0.1) is 0 Å². The number of ether oxygens (including phenoxy) is 1. The second-order valence-electron chi connectivity index (χ2n) is 5.54. The van der Waals surface area contributed by atoms with Crippen LogP contribution in [0.4, 0.5) is 5.95 Å². The fourth-order valence-electron chi connectivity index (χ4n) is 2.82. The number of carbonyl (C=O) groups excluding carboxylic acids is 1. The summed E-state index contributed by atoms with van der Waals surface area (Å²) in [7, 11) is 0. The first-order valence-electron chi connectivity index (χ1n) is 7.62. The number of nitrogens with two attached hydrogens (primary N) is 1. The van der Waals surface area contributed by atoms with Crippen LogP contribution in [0.5, 0.6) is 5.75 Å². The Morgan fingerprint density at radius 1 is 1.24 bits per heavy atom. The number of hydrogen-bond acceptors (Lipinski definition) is 7. The first kappa shape index (κ1) is 15.0. The van der Waals surface area contributed by atoms with Gasteiger partial charge in [-0.05, 0) is 29.8 Å². The van der Waals surface area contributed by atoms with Gasteiger partial charge in [-0.25, -0.2) is 9.98 Å². The van der Waals surface area contributed by atoms with E-state index in [0.29, 0.717) is 11.7 Å². The van der Waals surface area contributed by atoms with Crippen LogP contribution in [0.1, 0.15) is 11.7 Å². The van der Waals surface area contributed by atoms with Gasteiger partial charge >= 0.3 is 0 Å². The van der Waals surface area contributed by atoms with Gasteiger partial charge in [0.15, 0.2) is 12.1 Å². The van der Waals surface area contributed by atoms with E-state index in [1.807, 2.05) is 41.0 Å². The van der Waals surface area contributed by atoms with E-state index >= 15 is 0 Å². The molecule has 3 N–H and O–H groups in total. The summed E-state index contributed by atoms with van der Waals surface area (Å²) < 4.78 is 7.06. The molecule has 1 aliphatic heterocycles. The number of nitrogens with one attached hydrogen (secondary N) is 1. The van der Waals surface area contributed by atoms with Crippen molar-refractivity contribution in [3.63, 3.8) is 0 Å². The topological polar surface area (TPSA) is 118 Å². The maximum absolute atomic E-state index is 10.5. The second kappa shape index (κ2) is 5.82. The van der Waals surface area contributed by atoms with Crippen molar-refractivity contribution in [2.24, 2.45) is 10.7 Å². The molecule has 1 aromatic heterocycles. The number of guanidine groups is 1. The van der Waals surface area contributed by atoms with Crippen LogP contribution >= 0.6 is 0 Å². The van der Waals surface area contributed by atoms with E-state index in [4.69, 9.17) is 10.5 Å². The third-order valence-corrected chi connectivity index (χ3v) is 3.88. The molecule has 0 amide bonds. The number of nitrogens with zero attached hydrogens (tertiary/aromatic N) is 3. The standard InChI is InChI=1S/C17H15N5O3/c18-16-20-15(10-5-7-11(8-6-10)25-9-14(23)24)22-13-4-2-1-3-12(13)19-17(22)21-16/h1-8,15H,9H2,(H,23,24)(H3,18,19,20,21)/p-1/t15-/m1/s1. The third kappa shape index (κ3) is 2.74. The predicted molar refractivity (Wildman–Crippen MR) is 90.1 cm³/mol. The molecule has 0 bridgehead atoms. The number of fused-ring (bicyclic) bond motifs is 3. The van der Waals surface area contributed by atoms with Crippen LogP contribution in [0.3, 0.4) is 0 Å². The van der Waals surface area contributed by atoms with Gasteiger partial charge in [0.05, 0.1) is 17.0 Å². The minimum atomic E-state index is -1.27. The zero-order chi connectivity index (χ0) is 17.4. The number of aliphatic carboxylic acids is 1.